The van der Waals surface area contributed by atoms with E-state index in [1.807, 2.05) is 18.2 Å². The number of carbonyl (C=O) groups is 1. The van der Waals surface area contributed by atoms with Gasteiger partial charge in [0, 0.05) is 23.2 Å². The topological polar surface area (TPSA) is 41.6 Å². The molecule has 1 fully saturated rings. The zero-order chi connectivity index (χ0) is 12.1. The maximum Gasteiger partial charge on any atom is 0.317 e. The Morgan fingerprint density at radius 2 is 2.18 bits per heavy atom. The number of rotatable bonds is 2. The standard InChI is InChI=1S/C12H15IN2O2/c13-11-3-1-2-10(8-11)9-14-12(16)15-4-6-17-7-5-15/h1-3,8H,4-7,9H2,(H,14,16). The monoisotopic (exact) mass is 346 g/mol. The minimum Gasteiger partial charge on any atom is -0.378 e. The van der Waals surface area contributed by atoms with Crippen molar-refractivity contribution in [3.63, 3.8) is 0 Å². The normalized spacial score (nSPS) is 15.7. The summed E-state index contributed by atoms with van der Waals surface area (Å²) in [6.07, 6.45) is 0. The number of halogens is 1. The zero-order valence-electron chi connectivity index (χ0n) is 9.49. The fourth-order valence-corrected chi connectivity index (χ4v) is 2.31. The van der Waals surface area contributed by atoms with Crippen LogP contribution in [-0.4, -0.2) is 37.2 Å². The first-order valence-corrected chi connectivity index (χ1v) is 6.68. The van der Waals surface area contributed by atoms with E-state index in [2.05, 4.69) is 34.0 Å². The Morgan fingerprint density at radius 3 is 2.88 bits per heavy atom. The van der Waals surface area contributed by atoms with Crippen molar-refractivity contribution < 1.29 is 9.53 Å². The van der Waals surface area contributed by atoms with E-state index >= 15 is 0 Å². The lowest BCUT2D eigenvalue weighted by atomic mass is 10.2. The van der Waals surface area contributed by atoms with Crippen LogP contribution in [0.1, 0.15) is 5.56 Å². The highest BCUT2D eigenvalue weighted by atomic mass is 127. The van der Waals surface area contributed by atoms with Gasteiger partial charge >= 0.3 is 6.03 Å². The van der Waals surface area contributed by atoms with Crippen LogP contribution >= 0.6 is 22.6 Å². The molecular formula is C12H15IN2O2. The predicted octanol–water partition coefficient (Wildman–Crippen LogP) is 1.83. The highest BCUT2D eigenvalue weighted by molar-refractivity contribution is 14.1. The summed E-state index contributed by atoms with van der Waals surface area (Å²) in [4.78, 5) is 13.6. The smallest absolute Gasteiger partial charge is 0.317 e. The molecule has 17 heavy (non-hydrogen) atoms. The molecule has 0 aromatic heterocycles. The number of nitrogens with zero attached hydrogens (tertiary/aromatic N) is 1. The molecule has 0 saturated carbocycles. The second-order valence-electron chi connectivity index (χ2n) is 3.89. The number of nitrogens with one attached hydrogen (secondary N) is 1. The van der Waals surface area contributed by atoms with Gasteiger partial charge in [-0.1, -0.05) is 12.1 Å². The molecule has 0 bridgehead atoms. The molecule has 0 radical (unpaired) electrons. The second kappa shape index (κ2) is 6.20. The summed E-state index contributed by atoms with van der Waals surface area (Å²) >= 11 is 2.27. The fraction of sp³-hybridized carbons (Fsp3) is 0.417. The van der Waals surface area contributed by atoms with Gasteiger partial charge in [-0.25, -0.2) is 4.79 Å². The third-order valence-electron chi connectivity index (χ3n) is 2.63. The highest BCUT2D eigenvalue weighted by Gasteiger charge is 2.15. The van der Waals surface area contributed by atoms with Gasteiger partial charge in [-0.15, -0.1) is 0 Å². The summed E-state index contributed by atoms with van der Waals surface area (Å²) in [6.45, 7) is 3.21. The van der Waals surface area contributed by atoms with Gasteiger partial charge in [0.1, 0.15) is 0 Å². The summed E-state index contributed by atoms with van der Waals surface area (Å²) in [7, 11) is 0. The first kappa shape index (κ1) is 12.6. The third-order valence-corrected chi connectivity index (χ3v) is 3.30. The predicted molar refractivity (Wildman–Crippen MR) is 73.8 cm³/mol. The molecule has 0 atom stereocenters. The van der Waals surface area contributed by atoms with Gasteiger partial charge in [-0.05, 0) is 40.3 Å². The Labute approximate surface area is 114 Å². The van der Waals surface area contributed by atoms with Crippen molar-refractivity contribution in [1.29, 1.82) is 0 Å². The van der Waals surface area contributed by atoms with Gasteiger partial charge in [0.05, 0.1) is 13.2 Å². The number of carbonyl (C=O) groups excluding carboxylic acids is 1. The van der Waals surface area contributed by atoms with Crippen LogP contribution in [0, 0.1) is 3.57 Å². The summed E-state index contributed by atoms with van der Waals surface area (Å²) < 4.78 is 6.39. The largest absolute Gasteiger partial charge is 0.378 e. The van der Waals surface area contributed by atoms with Gasteiger partial charge < -0.3 is 15.0 Å². The molecule has 5 heteroatoms. The second-order valence-corrected chi connectivity index (χ2v) is 5.13. The first-order chi connectivity index (χ1) is 8.25. The van der Waals surface area contributed by atoms with Crippen LogP contribution in [0.25, 0.3) is 0 Å². The molecule has 0 unspecified atom stereocenters. The first-order valence-electron chi connectivity index (χ1n) is 5.60. The van der Waals surface area contributed by atoms with Gasteiger partial charge in [-0.2, -0.15) is 0 Å². The molecule has 1 N–H and O–H groups in total. The molecule has 1 aliphatic heterocycles. The number of benzene rings is 1. The summed E-state index contributed by atoms with van der Waals surface area (Å²) in [5.74, 6) is 0. The molecule has 1 aromatic rings. The van der Waals surface area contributed by atoms with Crippen LogP contribution in [0.5, 0.6) is 0 Å². The molecule has 1 heterocycles. The van der Waals surface area contributed by atoms with Crippen molar-refractivity contribution in [2.45, 2.75) is 6.54 Å². The van der Waals surface area contributed by atoms with E-state index in [0.717, 1.165) is 5.56 Å². The van der Waals surface area contributed by atoms with Crippen molar-refractivity contribution in [3.8, 4) is 0 Å². The van der Waals surface area contributed by atoms with E-state index in [1.165, 1.54) is 3.57 Å². The zero-order valence-corrected chi connectivity index (χ0v) is 11.6. The van der Waals surface area contributed by atoms with Crippen molar-refractivity contribution in [1.82, 2.24) is 10.2 Å². The van der Waals surface area contributed by atoms with E-state index < -0.39 is 0 Å². The Balaban J connectivity index is 1.83. The molecule has 0 aliphatic carbocycles. The van der Waals surface area contributed by atoms with Gasteiger partial charge in [0.2, 0.25) is 0 Å². The lowest BCUT2D eigenvalue weighted by Gasteiger charge is -2.26. The third kappa shape index (κ3) is 3.85. The molecule has 92 valence electrons. The Kier molecular flexibility index (Phi) is 4.61. The van der Waals surface area contributed by atoms with Crippen LogP contribution in [0.2, 0.25) is 0 Å². The molecule has 2 rings (SSSR count). The Morgan fingerprint density at radius 1 is 1.41 bits per heavy atom. The number of amides is 2. The molecule has 4 nitrogen and oxygen atoms in total. The van der Waals surface area contributed by atoms with E-state index in [4.69, 9.17) is 4.74 Å². The SMILES string of the molecule is O=C(NCc1cccc(I)c1)N1CCOCC1. The van der Waals surface area contributed by atoms with E-state index in [9.17, 15) is 4.79 Å². The van der Waals surface area contributed by atoms with Gasteiger partial charge in [0.15, 0.2) is 0 Å². The minimum absolute atomic E-state index is 0.00726. The minimum atomic E-state index is -0.00726. The average Bonchev–Trinajstić information content (AvgIpc) is 2.37. The summed E-state index contributed by atoms with van der Waals surface area (Å²) in [5, 5.41) is 2.92. The van der Waals surface area contributed by atoms with Crippen LogP contribution in [0.15, 0.2) is 24.3 Å². The van der Waals surface area contributed by atoms with Gasteiger partial charge in [-0.3, -0.25) is 0 Å². The number of morpholine rings is 1. The molecule has 2 amide bonds. The maximum atomic E-state index is 11.8. The van der Waals surface area contributed by atoms with Crippen LogP contribution < -0.4 is 5.32 Å². The van der Waals surface area contributed by atoms with E-state index in [0.29, 0.717) is 32.8 Å². The number of hydrogen-bond donors (Lipinski definition) is 1. The average molecular weight is 346 g/mol. The summed E-state index contributed by atoms with van der Waals surface area (Å²) in [5.41, 5.74) is 1.12. The molecule has 1 saturated heterocycles. The molecular weight excluding hydrogens is 331 g/mol. The lowest BCUT2D eigenvalue weighted by Crippen LogP contribution is -2.45. The van der Waals surface area contributed by atoms with Crippen molar-refractivity contribution in [3.05, 3.63) is 33.4 Å². The maximum absolute atomic E-state index is 11.8. The fourth-order valence-electron chi connectivity index (χ4n) is 1.70. The quantitative estimate of drug-likeness (QED) is 0.831. The molecule has 1 aromatic carbocycles. The Hall–Kier alpha value is -0.820. The van der Waals surface area contributed by atoms with E-state index in [1.54, 1.807) is 4.90 Å². The van der Waals surface area contributed by atoms with E-state index in [-0.39, 0.29) is 6.03 Å². The number of urea groups is 1. The van der Waals surface area contributed by atoms with Crippen LogP contribution in [-0.2, 0) is 11.3 Å². The molecule has 0 spiro atoms. The number of hydrogen-bond acceptors (Lipinski definition) is 2. The Bertz CT molecular complexity index is 392. The van der Waals surface area contributed by atoms with Crippen molar-refractivity contribution >= 4 is 28.6 Å². The highest BCUT2D eigenvalue weighted by Crippen LogP contribution is 2.07. The molecule has 1 aliphatic rings. The summed E-state index contributed by atoms with van der Waals surface area (Å²) in [6, 6.07) is 8.11. The van der Waals surface area contributed by atoms with Crippen LogP contribution in [0.3, 0.4) is 0 Å². The van der Waals surface area contributed by atoms with Crippen molar-refractivity contribution in [2.24, 2.45) is 0 Å². The number of ether oxygens (including phenoxy) is 1. The lowest BCUT2D eigenvalue weighted by molar-refractivity contribution is 0.0531. The van der Waals surface area contributed by atoms with Crippen LogP contribution in [0.4, 0.5) is 4.79 Å². The van der Waals surface area contributed by atoms with Gasteiger partial charge in [0.25, 0.3) is 0 Å². The van der Waals surface area contributed by atoms with Crippen molar-refractivity contribution in [2.75, 3.05) is 26.3 Å².